The van der Waals surface area contributed by atoms with Gasteiger partial charge < -0.3 is 15.3 Å². The van der Waals surface area contributed by atoms with E-state index in [1.807, 2.05) is 6.07 Å². The molecular weight excluding hydrogens is 182 g/mol. The number of rotatable bonds is 2. The zero-order valence-electron chi connectivity index (χ0n) is 7.36. The molecule has 2 aromatic rings. The van der Waals surface area contributed by atoms with Crippen molar-refractivity contribution in [3.8, 4) is 0 Å². The first-order valence-corrected chi connectivity index (χ1v) is 4.16. The topological polar surface area (TPSA) is 76.5 Å². The summed E-state index contributed by atoms with van der Waals surface area (Å²) in [6, 6.07) is 6.90. The number of carboxylic acid groups (broad SMARTS) is 1. The zero-order chi connectivity index (χ0) is 10.1. The van der Waals surface area contributed by atoms with Crippen LogP contribution in [0.4, 0.5) is 0 Å². The number of hydrogen-bond donors (Lipinski definition) is 2. The summed E-state index contributed by atoms with van der Waals surface area (Å²) in [4.78, 5) is 10.6. The minimum atomic E-state index is -1.06. The van der Waals surface area contributed by atoms with Crippen LogP contribution in [-0.2, 0) is 6.54 Å². The Balaban J connectivity index is 2.60. The molecule has 0 atom stereocenters. The number of nitrogens with two attached hydrogens (primary N) is 1. The highest BCUT2D eigenvalue weighted by Gasteiger charge is 2.09. The van der Waals surface area contributed by atoms with Gasteiger partial charge in [0.05, 0.1) is 0 Å². The molecule has 0 radical (unpaired) electrons. The van der Waals surface area contributed by atoms with Gasteiger partial charge in [0.1, 0.15) is 5.58 Å². The standard InChI is InChI=1S/C10H9NO3/c11-5-6-1-2-7-4-9(10(12)13)14-8(7)3-6/h1-4H,5,11H2,(H,12,13). The van der Waals surface area contributed by atoms with Gasteiger partial charge in [-0.05, 0) is 17.7 Å². The Morgan fingerprint density at radius 3 is 2.86 bits per heavy atom. The second kappa shape index (κ2) is 3.16. The number of carboxylic acids is 1. The molecule has 14 heavy (non-hydrogen) atoms. The summed E-state index contributed by atoms with van der Waals surface area (Å²) in [5, 5.41) is 9.47. The number of aromatic carboxylic acids is 1. The van der Waals surface area contributed by atoms with Crippen LogP contribution in [0.5, 0.6) is 0 Å². The maximum atomic E-state index is 10.6. The average Bonchev–Trinajstić information content (AvgIpc) is 2.59. The Hall–Kier alpha value is -1.81. The van der Waals surface area contributed by atoms with Gasteiger partial charge in [0.15, 0.2) is 0 Å². The van der Waals surface area contributed by atoms with Crippen LogP contribution in [0.15, 0.2) is 28.7 Å². The predicted octanol–water partition coefficient (Wildman–Crippen LogP) is 1.59. The van der Waals surface area contributed by atoms with Gasteiger partial charge in [-0.3, -0.25) is 0 Å². The lowest BCUT2D eigenvalue weighted by Crippen LogP contribution is -1.94. The van der Waals surface area contributed by atoms with E-state index in [2.05, 4.69) is 0 Å². The molecule has 0 aliphatic heterocycles. The van der Waals surface area contributed by atoms with E-state index in [9.17, 15) is 4.79 Å². The van der Waals surface area contributed by atoms with Crippen molar-refractivity contribution in [3.63, 3.8) is 0 Å². The molecule has 0 saturated heterocycles. The molecule has 0 unspecified atom stereocenters. The molecule has 72 valence electrons. The number of benzene rings is 1. The Morgan fingerprint density at radius 2 is 2.21 bits per heavy atom. The summed E-state index contributed by atoms with van der Waals surface area (Å²) in [7, 11) is 0. The summed E-state index contributed by atoms with van der Waals surface area (Å²) in [5.41, 5.74) is 6.93. The molecule has 0 saturated carbocycles. The van der Waals surface area contributed by atoms with Crippen molar-refractivity contribution in [2.45, 2.75) is 6.54 Å². The van der Waals surface area contributed by atoms with Crippen LogP contribution in [0.25, 0.3) is 11.0 Å². The predicted molar refractivity (Wildman–Crippen MR) is 51.1 cm³/mol. The maximum absolute atomic E-state index is 10.6. The Morgan fingerprint density at radius 1 is 1.43 bits per heavy atom. The molecule has 0 amide bonds. The summed E-state index contributed by atoms with van der Waals surface area (Å²) in [6.45, 7) is 0.416. The molecule has 1 aromatic carbocycles. The molecule has 0 spiro atoms. The fourth-order valence-corrected chi connectivity index (χ4v) is 1.31. The Bertz CT molecular complexity index is 487. The molecule has 4 heteroatoms. The van der Waals surface area contributed by atoms with E-state index in [-0.39, 0.29) is 5.76 Å². The van der Waals surface area contributed by atoms with Gasteiger partial charge in [-0.15, -0.1) is 0 Å². The summed E-state index contributed by atoms with van der Waals surface area (Å²) < 4.78 is 5.12. The number of hydrogen-bond acceptors (Lipinski definition) is 3. The molecular formula is C10H9NO3. The quantitative estimate of drug-likeness (QED) is 0.755. The van der Waals surface area contributed by atoms with Crippen molar-refractivity contribution in [1.82, 2.24) is 0 Å². The van der Waals surface area contributed by atoms with E-state index < -0.39 is 5.97 Å². The fraction of sp³-hybridized carbons (Fsp3) is 0.100. The minimum absolute atomic E-state index is 0.0471. The van der Waals surface area contributed by atoms with Gasteiger partial charge in [0.2, 0.25) is 5.76 Å². The van der Waals surface area contributed by atoms with Gasteiger partial charge >= 0.3 is 5.97 Å². The number of furan rings is 1. The van der Waals surface area contributed by atoms with Gasteiger partial charge in [-0.25, -0.2) is 4.79 Å². The van der Waals surface area contributed by atoms with Crippen molar-refractivity contribution in [2.24, 2.45) is 5.73 Å². The highest BCUT2D eigenvalue weighted by molar-refractivity contribution is 5.91. The molecule has 0 aliphatic carbocycles. The first-order valence-electron chi connectivity index (χ1n) is 4.16. The largest absolute Gasteiger partial charge is 0.475 e. The number of fused-ring (bicyclic) bond motifs is 1. The lowest BCUT2D eigenvalue weighted by atomic mass is 10.2. The van der Waals surface area contributed by atoms with E-state index in [4.69, 9.17) is 15.3 Å². The Kier molecular flexibility index (Phi) is 1.98. The van der Waals surface area contributed by atoms with Crippen LogP contribution in [0.1, 0.15) is 16.1 Å². The van der Waals surface area contributed by atoms with Gasteiger partial charge in [-0.1, -0.05) is 12.1 Å². The van der Waals surface area contributed by atoms with E-state index in [0.29, 0.717) is 12.1 Å². The van der Waals surface area contributed by atoms with Crippen LogP contribution < -0.4 is 5.73 Å². The third kappa shape index (κ3) is 1.36. The fourth-order valence-electron chi connectivity index (χ4n) is 1.31. The lowest BCUT2D eigenvalue weighted by Gasteiger charge is -1.93. The second-order valence-electron chi connectivity index (χ2n) is 2.99. The smallest absolute Gasteiger partial charge is 0.371 e. The van der Waals surface area contributed by atoms with Gasteiger partial charge in [0.25, 0.3) is 0 Å². The molecule has 2 rings (SSSR count). The monoisotopic (exact) mass is 191 g/mol. The van der Waals surface area contributed by atoms with Crippen molar-refractivity contribution in [2.75, 3.05) is 0 Å². The first-order chi connectivity index (χ1) is 6.70. The molecule has 1 aromatic heterocycles. The minimum Gasteiger partial charge on any atom is -0.475 e. The molecule has 0 fully saturated rings. The van der Waals surface area contributed by atoms with Crippen LogP contribution in [0.2, 0.25) is 0 Å². The van der Waals surface area contributed by atoms with Crippen molar-refractivity contribution in [1.29, 1.82) is 0 Å². The van der Waals surface area contributed by atoms with Gasteiger partial charge in [0, 0.05) is 11.9 Å². The highest BCUT2D eigenvalue weighted by Crippen LogP contribution is 2.20. The van der Waals surface area contributed by atoms with Crippen LogP contribution >= 0.6 is 0 Å². The van der Waals surface area contributed by atoms with Crippen molar-refractivity contribution in [3.05, 3.63) is 35.6 Å². The molecule has 1 heterocycles. The molecule has 0 aliphatic rings. The molecule has 3 N–H and O–H groups in total. The maximum Gasteiger partial charge on any atom is 0.371 e. The van der Waals surface area contributed by atoms with Gasteiger partial charge in [-0.2, -0.15) is 0 Å². The average molecular weight is 191 g/mol. The molecule has 4 nitrogen and oxygen atoms in total. The van der Waals surface area contributed by atoms with Crippen LogP contribution in [-0.4, -0.2) is 11.1 Å². The normalized spacial score (nSPS) is 10.6. The summed E-state index contributed by atoms with van der Waals surface area (Å²) >= 11 is 0. The van der Waals surface area contributed by atoms with Crippen LogP contribution in [0, 0.1) is 0 Å². The van der Waals surface area contributed by atoms with Crippen molar-refractivity contribution < 1.29 is 14.3 Å². The van der Waals surface area contributed by atoms with E-state index in [0.717, 1.165) is 10.9 Å². The zero-order valence-corrected chi connectivity index (χ0v) is 7.36. The van der Waals surface area contributed by atoms with E-state index >= 15 is 0 Å². The summed E-state index contributed by atoms with van der Waals surface area (Å²) in [5.74, 6) is -1.11. The third-order valence-electron chi connectivity index (χ3n) is 2.03. The highest BCUT2D eigenvalue weighted by atomic mass is 16.4. The third-order valence-corrected chi connectivity index (χ3v) is 2.03. The SMILES string of the molecule is NCc1ccc2cc(C(=O)O)oc2c1. The summed E-state index contributed by atoms with van der Waals surface area (Å²) in [6.07, 6.45) is 0. The lowest BCUT2D eigenvalue weighted by molar-refractivity contribution is 0.0665. The van der Waals surface area contributed by atoms with Crippen LogP contribution in [0.3, 0.4) is 0 Å². The first kappa shape index (κ1) is 8.77. The van der Waals surface area contributed by atoms with Crippen molar-refractivity contribution >= 4 is 16.9 Å². The second-order valence-corrected chi connectivity index (χ2v) is 2.99. The van der Waals surface area contributed by atoms with E-state index in [1.54, 1.807) is 12.1 Å². The number of carbonyl (C=O) groups is 1. The molecule has 0 bridgehead atoms. The Labute approximate surface area is 79.9 Å². The van der Waals surface area contributed by atoms with E-state index in [1.165, 1.54) is 6.07 Å².